The van der Waals surface area contributed by atoms with E-state index in [-0.39, 0.29) is 17.7 Å². The third kappa shape index (κ3) is 4.62. The quantitative estimate of drug-likeness (QED) is 0.659. The lowest BCUT2D eigenvalue weighted by Gasteiger charge is -2.31. The molecule has 0 unspecified atom stereocenters. The van der Waals surface area contributed by atoms with Gasteiger partial charge in [0.05, 0.1) is 22.5 Å². The van der Waals surface area contributed by atoms with Crippen LogP contribution in [0, 0.1) is 6.92 Å². The summed E-state index contributed by atoms with van der Waals surface area (Å²) in [6.07, 6.45) is 1.22. The van der Waals surface area contributed by atoms with Crippen molar-refractivity contribution >= 4 is 26.8 Å². The smallest absolute Gasteiger partial charge is 0.252 e. The van der Waals surface area contributed by atoms with Gasteiger partial charge >= 0.3 is 0 Å². The van der Waals surface area contributed by atoms with Gasteiger partial charge in [-0.3, -0.25) is 4.79 Å². The fraction of sp³-hybridized carbons (Fsp3) is 0.333. The number of hydrogen-bond donors (Lipinski definition) is 1. The molecule has 6 nitrogen and oxygen atoms in total. The molecule has 1 saturated heterocycles. The minimum Gasteiger partial charge on any atom is -0.349 e. The molecule has 1 fully saturated rings. The molecule has 0 radical (unpaired) electrons. The molecule has 0 spiro atoms. The van der Waals surface area contributed by atoms with Crippen molar-refractivity contribution in [3.8, 4) is 11.3 Å². The SMILES string of the molecule is CCS(=O)(=O)N1CCC(NC(=O)c2cc(-c3ccc(C)cc3)nc3ccccc23)CC1. The Hall–Kier alpha value is -2.77. The van der Waals surface area contributed by atoms with E-state index < -0.39 is 10.0 Å². The molecule has 0 aliphatic carbocycles. The number of amides is 1. The zero-order chi connectivity index (χ0) is 22.0. The number of aromatic nitrogens is 1. The van der Waals surface area contributed by atoms with Crippen LogP contribution in [-0.2, 0) is 10.0 Å². The first-order chi connectivity index (χ1) is 14.9. The summed E-state index contributed by atoms with van der Waals surface area (Å²) in [6.45, 7) is 4.57. The second-order valence-electron chi connectivity index (χ2n) is 7.99. The van der Waals surface area contributed by atoms with Gasteiger partial charge in [0, 0.05) is 30.1 Å². The van der Waals surface area contributed by atoms with E-state index >= 15 is 0 Å². The average molecular weight is 438 g/mol. The number of pyridine rings is 1. The van der Waals surface area contributed by atoms with Gasteiger partial charge in [0.1, 0.15) is 0 Å². The van der Waals surface area contributed by atoms with Crippen molar-refractivity contribution in [1.29, 1.82) is 0 Å². The number of nitrogens with one attached hydrogen (secondary N) is 1. The van der Waals surface area contributed by atoms with Crippen LogP contribution in [0.2, 0.25) is 0 Å². The molecular weight excluding hydrogens is 410 g/mol. The number of fused-ring (bicyclic) bond motifs is 1. The third-order valence-electron chi connectivity index (χ3n) is 5.86. The van der Waals surface area contributed by atoms with Crippen LogP contribution in [0.15, 0.2) is 54.6 Å². The van der Waals surface area contributed by atoms with Gasteiger partial charge in [-0.15, -0.1) is 0 Å². The highest BCUT2D eigenvalue weighted by Gasteiger charge is 2.28. The van der Waals surface area contributed by atoms with Gasteiger partial charge < -0.3 is 5.32 Å². The highest BCUT2D eigenvalue weighted by Crippen LogP contribution is 2.26. The monoisotopic (exact) mass is 437 g/mol. The zero-order valence-corrected chi connectivity index (χ0v) is 18.7. The Labute approximate surface area is 183 Å². The fourth-order valence-corrected chi connectivity index (χ4v) is 5.09. The first-order valence-electron chi connectivity index (χ1n) is 10.6. The number of benzene rings is 2. The van der Waals surface area contributed by atoms with Crippen LogP contribution in [-0.4, -0.2) is 48.5 Å². The van der Waals surface area contributed by atoms with E-state index in [1.165, 1.54) is 9.87 Å². The first-order valence-corrected chi connectivity index (χ1v) is 12.2. The van der Waals surface area contributed by atoms with Crippen LogP contribution in [0.4, 0.5) is 0 Å². The molecule has 0 bridgehead atoms. The van der Waals surface area contributed by atoms with Crippen LogP contribution in [0.25, 0.3) is 22.2 Å². The molecule has 1 N–H and O–H groups in total. The summed E-state index contributed by atoms with van der Waals surface area (Å²) in [4.78, 5) is 18.0. The van der Waals surface area contributed by atoms with Gasteiger partial charge in [-0.25, -0.2) is 17.7 Å². The van der Waals surface area contributed by atoms with Gasteiger partial charge in [-0.05, 0) is 38.8 Å². The van der Waals surface area contributed by atoms with E-state index in [1.54, 1.807) is 6.92 Å². The Balaban J connectivity index is 1.58. The predicted octanol–water partition coefficient (Wildman–Crippen LogP) is 3.75. The number of para-hydroxylation sites is 1. The maximum absolute atomic E-state index is 13.2. The van der Waals surface area contributed by atoms with Crippen molar-refractivity contribution in [1.82, 2.24) is 14.6 Å². The topological polar surface area (TPSA) is 79.4 Å². The lowest BCUT2D eigenvalue weighted by Crippen LogP contribution is -2.46. The molecule has 2 aromatic carbocycles. The van der Waals surface area contributed by atoms with Gasteiger partial charge in [-0.2, -0.15) is 0 Å². The van der Waals surface area contributed by atoms with Crippen molar-refractivity contribution in [3.05, 3.63) is 65.7 Å². The van der Waals surface area contributed by atoms with Crippen LogP contribution in [0.5, 0.6) is 0 Å². The van der Waals surface area contributed by atoms with E-state index in [0.717, 1.165) is 22.2 Å². The predicted molar refractivity (Wildman–Crippen MR) is 123 cm³/mol. The minimum atomic E-state index is -3.18. The number of aryl methyl sites for hydroxylation is 1. The summed E-state index contributed by atoms with van der Waals surface area (Å²) in [7, 11) is -3.18. The Morgan fingerprint density at radius 3 is 2.45 bits per heavy atom. The standard InChI is InChI=1S/C24H27N3O3S/c1-3-31(29,30)27-14-12-19(13-15-27)25-24(28)21-16-23(18-10-8-17(2)9-11-18)26-22-7-5-4-6-20(21)22/h4-11,16,19H,3,12-15H2,1-2H3,(H,25,28). The van der Waals surface area contributed by atoms with E-state index in [0.29, 0.717) is 31.5 Å². The van der Waals surface area contributed by atoms with Crippen molar-refractivity contribution in [2.75, 3.05) is 18.8 Å². The fourth-order valence-electron chi connectivity index (χ4n) is 3.96. The molecular formula is C24H27N3O3S. The Kier molecular flexibility index (Phi) is 6.07. The van der Waals surface area contributed by atoms with Crippen LogP contribution in [0.1, 0.15) is 35.7 Å². The molecule has 4 rings (SSSR count). The normalized spacial score (nSPS) is 15.8. The second-order valence-corrected chi connectivity index (χ2v) is 10.2. The molecule has 1 amide bonds. The van der Waals surface area contributed by atoms with Crippen molar-refractivity contribution < 1.29 is 13.2 Å². The maximum atomic E-state index is 13.2. The summed E-state index contributed by atoms with van der Waals surface area (Å²) in [5, 5.41) is 3.92. The maximum Gasteiger partial charge on any atom is 0.252 e. The molecule has 0 atom stereocenters. The summed E-state index contributed by atoms with van der Waals surface area (Å²) in [5.41, 5.74) is 4.24. The molecule has 162 valence electrons. The number of nitrogens with zero attached hydrogens (tertiary/aromatic N) is 2. The Bertz CT molecular complexity index is 1200. The van der Waals surface area contributed by atoms with E-state index in [1.807, 2.05) is 61.5 Å². The van der Waals surface area contributed by atoms with Crippen LogP contribution < -0.4 is 5.32 Å². The van der Waals surface area contributed by atoms with Gasteiger partial charge in [0.2, 0.25) is 10.0 Å². The third-order valence-corrected chi connectivity index (χ3v) is 7.74. The summed E-state index contributed by atoms with van der Waals surface area (Å²) < 4.78 is 25.7. The Morgan fingerprint density at radius 2 is 1.77 bits per heavy atom. The largest absolute Gasteiger partial charge is 0.349 e. The highest BCUT2D eigenvalue weighted by molar-refractivity contribution is 7.89. The summed E-state index contributed by atoms with van der Waals surface area (Å²) in [5.74, 6) is -0.0433. The average Bonchev–Trinajstić information content (AvgIpc) is 2.79. The summed E-state index contributed by atoms with van der Waals surface area (Å²) >= 11 is 0. The molecule has 1 aliphatic rings. The molecule has 2 heterocycles. The molecule has 1 aliphatic heterocycles. The van der Waals surface area contributed by atoms with Gasteiger partial charge in [0.15, 0.2) is 0 Å². The van der Waals surface area contributed by atoms with E-state index in [9.17, 15) is 13.2 Å². The molecule has 1 aromatic heterocycles. The van der Waals surface area contributed by atoms with Crippen LogP contribution >= 0.6 is 0 Å². The first kappa shape index (κ1) is 21.5. The second kappa shape index (κ2) is 8.77. The van der Waals surface area contributed by atoms with Gasteiger partial charge in [0.25, 0.3) is 5.91 Å². The van der Waals surface area contributed by atoms with Crippen LogP contribution in [0.3, 0.4) is 0 Å². The number of carbonyl (C=O) groups is 1. The number of sulfonamides is 1. The summed E-state index contributed by atoms with van der Waals surface area (Å²) in [6, 6.07) is 17.5. The van der Waals surface area contributed by atoms with Crippen molar-refractivity contribution in [3.63, 3.8) is 0 Å². The van der Waals surface area contributed by atoms with Crippen molar-refractivity contribution in [2.24, 2.45) is 0 Å². The molecule has 7 heteroatoms. The van der Waals surface area contributed by atoms with Crippen molar-refractivity contribution in [2.45, 2.75) is 32.7 Å². The minimum absolute atomic E-state index is 0.0504. The number of rotatable bonds is 5. The highest BCUT2D eigenvalue weighted by atomic mass is 32.2. The molecule has 3 aromatic rings. The van der Waals surface area contributed by atoms with E-state index in [2.05, 4.69) is 5.32 Å². The lowest BCUT2D eigenvalue weighted by molar-refractivity contribution is 0.0925. The lowest BCUT2D eigenvalue weighted by atomic mass is 10.0. The van der Waals surface area contributed by atoms with Gasteiger partial charge in [-0.1, -0.05) is 48.0 Å². The number of hydrogen-bond acceptors (Lipinski definition) is 4. The number of piperidine rings is 1. The van der Waals surface area contributed by atoms with E-state index in [4.69, 9.17) is 4.98 Å². The number of carbonyl (C=O) groups excluding carboxylic acids is 1. The Morgan fingerprint density at radius 1 is 1.10 bits per heavy atom. The molecule has 31 heavy (non-hydrogen) atoms. The molecule has 0 saturated carbocycles. The zero-order valence-electron chi connectivity index (χ0n) is 17.8.